The van der Waals surface area contributed by atoms with Crippen molar-refractivity contribution in [1.29, 1.82) is 0 Å². The number of carbonyl (C=O) groups excluding carboxylic acids is 9. The lowest BCUT2D eigenvalue weighted by atomic mass is 9.88. The van der Waals surface area contributed by atoms with Gasteiger partial charge in [-0.25, -0.2) is 14.4 Å². The Balaban J connectivity index is 5.36. The first-order valence-corrected chi connectivity index (χ1v) is 20.9. The van der Waals surface area contributed by atoms with Crippen LogP contribution in [-0.4, -0.2) is 193 Å². The number of nitrogens with zero attached hydrogens (tertiary/aromatic N) is 3. The molecule has 0 N–H and O–H groups in total. The highest BCUT2D eigenvalue weighted by Crippen LogP contribution is 2.25. The Bertz CT molecular complexity index is 1570. The van der Waals surface area contributed by atoms with E-state index in [1.807, 2.05) is 0 Å². The predicted molar refractivity (Wildman–Crippen MR) is 236 cm³/mol. The van der Waals surface area contributed by atoms with E-state index in [1.54, 1.807) is 6.92 Å². The second kappa shape index (κ2) is 37.0. The maximum absolute atomic E-state index is 12.8. The van der Waals surface area contributed by atoms with Gasteiger partial charge >= 0.3 is 29.8 Å². The highest BCUT2D eigenvalue weighted by atomic mass is 16.6. The quantitative estimate of drug-likeness (QED) is 0.0361. The fourth-order valence-electron chi connectivity index (χ4n) is 5.02. The maximum Gasteiger partial charge on any atom is 0.330 e. The summed E-state index contributed by atoms with van der Waals surface area (Å²) in [6.45, 7) is 20.8. The van der Waals surface area contributed by atoms with Crippen LogP contribution in [0.4, 0.5) is 0 Å². The molecule has 0 unspecified atom stereocenters. The van der Waals surface area contributed by atoms with Gasteiger partial charge < -0.3 is 57.3 Å². The number of ether oxygens (including phenoxy) is 9. The third-order valence-electron chi connectivity index (χ3n) is 8.96. The Morgan fingerprint density at radius 2 is 0.742 bits per heavy atom. The largest absolute Gasteiger partial charge is 0.465 e. The van der Waals surface area contributed by atoms with Crippen LogP contribution in [0.1, 0.15) is 26.2 Å². The van der Waals surface area contributed by atoms with E-state index in [2.05, 4.69) is 39.5 Å². The fourth-order valence-corrected chi connectivity index (χ4v) is 5.02. The number of Topliss-reactive ketones (excluding diaryl/α,β-unsaturated/α-hetero) is 1. The van der Waals surface area contributed by atoms with E-state index in [1.165, 1.54) is 14.7 Å². The van der Waals surface area contributed by atoms with E-state index in [0.717, 1.165) is 36.5 Å². The summed E-state index contributed by atoms with van der Waals surface area (Å²) in [6, 6.07) is 0. The van der Waals surface area contributed by atoms with Crippen molar-refractivity contribution in [3.05, 3.63) is 75.9 Å². The minimum Gasteiger partial charge on any atom is -0.465 e. The SMILES string of the molecule is C=CC(=O)OCCN(CCOCCC(=O)OCC(CC)(COCC(=O)COCCN(CCOC(=O)C=C)C(=O)C=C)COC(=O)CCOCCN(CCOC(=O)C=C)C(=O)C=C)C(=O)C=C. The molecule has 0 bridgehead atoms. The van der Waals surface area contributed by atoms with Gasteiger partial charge in [0.05, 0.1) is 77.5 Å². The lowest BCUT2D eigenvalue weighted by Crippen LogP contribution is -2.39. The molecule has 0 aromatic heterocycles. The molecule has 0 aliphatic heterocycles. The number of ketones is 1. The topological polar surface area (TPSA) is 246 Å². The summed E-state index contributed by atoms with van der Waals surface area (Å²) in [4.78, 5) is 113. The number of hydrogen-bond donors (Lipinski definition) is 0. The van der Waals surface area contributed by atoms with Gasteiger partial charge in [-0.05, 0) is 24.6 Å². The van der Waals surface area contributed by atoms with E-state index in [-0.39, 0.29) is 138 Å². The van der Waals surface area contributed by atoms with Crippen molar-refractivity contribution >= 4 is 53.4 Å². The zero-order valence-electron chi connectivity index (χ0n) is 38.0. The third kappa shape index (κ3) is 28.5. The number of carbonyl (C=O) groups is 9. The average molecular weight is 936 g/mol. The Morgan fingerprint density at radius 3 is 1.08 bits per heavy atom. The van der Waals surface area contributed by atoms with Gasteiger partial charge in [-0.1, -0.05) is 46.4 Å². The summed E-state index contributed by atoms with van der Waals surface area (Å²) in [5.74, 6) is -4.94. The van der Waals surface area contributed by atoms with Crippen LogP contribution >= 0.6 is 0 Å². The first-order chi connectivity index (χ1) is 31.6. The summed E-state index contributed by atoms with van der Waals surface area (Å²) in [5.41, 5.74) is -1.10. The summed E-state index contributed by atoms with van der Waals surface area (Å²) < 4.78 is 48.0. The molecule has 0 saturated heterocycles. The van der Waals surface area contributed by atoms with Crippen molar-refractivity contribution < 1.29 is 85.8 Å². The van der Waals surface area contributed by atoms with E-state index in [0.29, 0.717) is 0 Å². The maximum atomic E-state index is 12.8. The van der Waals surface area contributed by atoms with Crippen LogP contribution < -0.4 is 0 Å². The van der Waals surface area contributed by atoms with Crippen LogP contribution in [0.5, 0.6) is 0 Å². The van der Waals surface area contributed by atoms with Gasteiger partial charge in [0.25, 0.3) is 0 Å². The molecule has 0 aliphatic carbocycles. The first-order valence-electron chi connectivity index (χ1n) is 20.9. The van der Waals surface area contributed by atoms with Crippen molar-refractivity contribution in [2.45, 2.75) is 26.2 Å². The number of rotatable bonds is 41. The van der Waals surface area contributed by atoms with E-state index >= 15 is 0 Å². The molecule has 0 fully saturated rings. The molecule has 0 spiro atoms. The zero-order chi connectivity index (χ0) is 49.6. The van der Waals surface area contributed by atoms with Crippen LogP contribution in [0.15, 0.2) is 75.9 Å². The van der Waals surface area contributed by atoms with Gasteiger partial charge in [0.15, 0.2) is 5.78 Å². The lowest BCUT2D eigenvalue weighted by molar-refractivity contribution is -0.160. The summed E-state index contributed by atoms with van der Waals surface area (Å²) in [5, 5.41) is 0. The molecule has 368 valence electrons. The molecular weight excluding hydrogens is 870 g/mol. The Hall–Kier alpha value is -6.29. The molecule has 3 amide bonds. The van der Waals surface area contributed by atoms with Crippen LogP contribution in [0.3, 0.4) is 0 Å². The molecule has 0 atom stereocenters. The van der Waals surface area contributed by atoms with Crippen molar-refractivity contribution in [3.8, 4) is 0 Å². The summed E-state index contributed by atoms with van der Waals surface area (Å²) in [6.07, 6.45) is 6.21. The number of esters is 5. The Kier molecular flexibility index (Phi) is 33.5. The van der Waals surface area contributed by atoms with Gasteiger partial charge in [-0.15, -0.1) is 0 Å². The molecule has 0 aromatic rings. The zero-order valence-corrected chi connectivity index (χ0v) is 38.0. The number of amides is 3. The first kappa shape index (κ1) is 59.7. The normalized spacial score (nSPS) is 10.6. The minimum absolute atomic E-state index is 0.0319. The van der Waals surface area contributed by atoms with E-state index in [4.69, 9.17) is 42.6 Å². The van der Waals surface area contributed by atoms with E-state index in [9.17, 15) is 43.2 Å². The smallest absolute Gasteiger partial charge is 0.330 e. The summed E-state index contributed by atoms with van der Waals surface area (Å²) in [7, 11) is 0. The van der Waals surface area contributed by atoms with Crippen molar-refractivity contribution in [2.24, 2.45) is 5.41 Å². The molecule has 66 heavy (non-hydrogen) atoms. The summed E-state index contributed by atoms with van der Waals surface area (Å²) >= 11 is 0. The van der Waals surface area contributed by atoms with E-state index < -0.39 is 65.4 Å². The molecule has 0 saturated carbocycles. The van der Waals surface area contributed by atoms with Crippen LogP contribution in [0, 0.1) is 5.41 Å². The molecule has 0 radical (unpaired) electrons. The van der Waals surface area contributed by atoms with Gasteiger partial charge in [-0.2, -0.15) is 0 Å². The molecule has 21 nitrogen and oxygen atoms in total. The van der Waals surface area contributed by atoms with Crippen molar-refractivity contribution in [2.75, 3.05) is 125 Å². The predicted octanol–water partition coefficient (Wildman–Crippen LogP) is 1.12. The van der Waals surface area contributed by atoms with Gasteiger partial charge in [0.2, 0.25) is 17.7 Å². The Morgan fingerprint density at radius 1 is 0.409 bits per heavy atom. The third-order valence-corrected chi connectivity index (χ3v) is 8.96. The molecular formula is C45H65N3O18. The van der Waals surface area contributed by atoms with Crippen LogP contribution in [-0.2, 0) is 85.8 Å². The molecule has 0 aliphatic rings. The van der Waals surface area contributed by atoms with Gasteiger partial charge in [-0.3, -0.25) is 28.8 Å². The Labute approximate surface area is 385 Å². The van der Waals surface area contributed by atoms with Crippen LogP contribution in [0.25, 0.3) is 0 Å². The monoisotopic (exact) mass is 935 g/mol. The lowest BCUT2D eigenvalue weighted by Gasteiger charge is -2.31. The second-order valence-corrected chi connectivity index (χ2v) is 13.7. The molecule has 0 aromatic carbocycles. The molecule has 21 heteroatoms. The number of hydrogen-bond acceptors (Lipinski definition) is 18. The van der Waals surface area contributed by atoms with Crippen molar-refractivity contribution in [1.82, 2.24) is 14.7 Å². The van der Waals surface area contributed by atoms with Crippen LogP contribution in [0.2, 0.25) is 0 Å². The minimum atomic E-state index is -1.10. The fraction of sp³-hybridized carbons (Fsp3) is 0.533. The standard InChI is InChI=1S/C45H65N3O18/c1-8-37(50)46(20-28-62-40(53)11-4)17-25-58-23-15-43(56)65-34-45(14-7,33-61-32-36(49)31-60-27-19-48(39(52)10-3)22-30-64-42(55)13-6)35-66-44(57)16-24-59-26-18-47(38(51)9-2)21-29-63-41(54)12-5/h8-13H,1-6,14-35H2,7H3. The molecule has 0 heterocycles. The average Bonchev–Trinajstić information content (AvgIpc) is 3.32. The van der Waals surface area contributed by atoms with Crippen molar-refractivity contribution in [3.63, 3.8) is 0 Å². The highest BCUT2D eigenvalue weighted by Gasteiger charge is 2.33. The second-order valence-electron chi connectivity index (χ2n) is 13.7. The highest BCUT2D eigenvalue weighted by molar-refractivity contribution is 5.88. The van der Waals surface area contributed by atoms with Gasteiger partial charge in [0, 0.05) is 37.9 Å². The van der Waals surface area contributed by atoms with Gasteiger partial charge in [0.1, 0.15) is 46.2 Å². The molecule has 0 rings (SSSR count).